The second-order valence-corrected chi connectivity index (χ2v) is 4.04. The lowest BCUT2D eigenvalue weighted by Gasteiger charge is -2.32. The average Bonchev–Trinajstić information content (AvgIpc) is 2.69. The molecule has 2 nitrogen and oxygen atoms in total. The van der Waals surface area contributed by atoms with E-state index in [1.165, 1.54) is 25.7 Å². The van der Waals surface area contributed by atoms with Crippen molar-refractivity contribution < 1.29 is 4.79 Å². The summed E-state index contributed by atoms with van der Waals surface area (Å²) in [5.74, 6) is 0.260. The Kier molecular flexibility index (Phi) is 1.44. The zero-order chi connectivity index (χ0) is 7.90. The summed E-state index contributed by atoms with van der Waals surface area (Å²) in [4.78, 5) is 13.1. The van der Waals surface area contributed by atoms with Gasteiger partial charge in [0, 0.05) is 20.0 Å². The van der Waals surface area contributed by atoms with E-state index in [9.17, 15) is 4.79 Å². The molecule has 2 aliphatic rings. The van der Waals surface area contributed by atoms with Gasteiger partial charge in [0.15, 0.2) is 0 Å². The number of amides is 1. The summed E-state index contributed by atoms with van der Waals surface area (Å²) in [6, 6.07) is 0. The molecule has 0 bridgehead atoms. The first-order chi connectivity index (χ1) is 5.22. The van der Waals surface area contributed by atoms with Gasteiger partial charge in [-0.1, -0.05) is 0 Å². The minimum Gasteiger partial charge on any atom is -0.342 e. The molecule has 0 radical (unpaired) electrons. The van der Waals surface area contributed by atoms with Gasteiger partial charge in [0.05, 0.1) is 0 Å². The van der Waals surface area contributed by atoms with Crippen molar-refractivity contribution in [3.8, 4) is 0 Å². The third-order valence-electron chi connectivity index (χ3n) is 3.06. The molecule has 0 N–H and O–H groups in total. The van der Waals surface area contributed by atoms with Crippen LogP contribution >= 0.6 is 0 Å². The maximum absolute atomic E-state index is 11.0. The normalized spacial score (nSPS) is 27.2. The van der Waals surface area contributed by atoms with E-state index in [4.69, 9.17) is 0 Å². The van der Waals surface area contributed by atoms with Gasteiger partial charge >= 0.3 is 0 Å². The van der Waals surface area contributed by atoms with Crippen molar-refractivity contribution in [2.24, 2.45) is 5.41 Å². The van der Waals surface area contributed by atoms with Gasteiger partial charge < -0.3 is 4.90 Å². The number of hydrogen-bond acceptors (Lipinski definition) is 1. The standard InChI is InChI=1S/C9H15NO/c1-8(11)10-6-2-3-9(7-10)4-5-9/h2-7H2,1H3. The molecule has 1 amide bonds. The topological polar surface area (TPSA) is 20.3 Å². The second kappa shape index (κ2) is 2.23. The van der Waals surface area contributed by atoms with Crippen molar-refractivity contribution in [1.29, 1.82) is 0 Å². The fourth-order valence-electron chi connectivity index (χ4n) is 2.06. The molecule has 0 aromatic heterocycles. The predicted octanol–water partition coefficient (Wildman–Crippen LogP) is 1.41. The SMILES string of the molecule is CC(=O)N1CCCC2(CC2)C1. The summed E-state index contributed by atoms with van der Waals surface area (Å²) < 4.78 is 0. The first kappa shape index (κ1) is 7.14. The molecule has 0 aromatic carbocycles. The van der Waals surface area contributed by atoms with E-state index < -0.39 is 0 Å². The maximum atomic E-state index is 11.0. The van der Waals surface area contributed by atoms with Crippen LogP contribution in [0.4, 0.5) is 0 Å². The van der Waals surface area contributed by atoms with E-state index in [-0.39, 0.29) is 5.91 Å². The highest BCUT2D eigenvalue weighted by atomic mass is 16.2. The Balaban J connectivity index is 1.98. The summed E-state index contributed by atoms with van der Waals surface area (Å²) in [5, 5.41) is 0. The smallest absolute Gasteiger partial charge is 0.219 e. The number of hydrogen-bond donors (Lipinski definition) is 0. The molecule has 0 unspecified atom stereocenters. The number of nitrogens with zero attached hydrogens (tertiary/aromatic N) is 1. The van der Waals surface area contributed by atoms with Crippen LogP contribution in [0, 0.1) is 5.41 Å². The van der Waals surface area contributed by atoms with Gasteiger partial charge in [-0.15, -0.1) is 0 Å². The van der Waals surface area contributed by atoms with E-state index in [2.05, 4.69) is 0 Å². The molecule has 2 heteroatoms. The summed E-state index contributed by atoms with van der Waals surface area (Å²) in [6.07, 6.45) is 5.30. The van der Waals surface area contributed by atoms with Crippen molar-refractivity contribution in [1.82, 2.24) is 4.90 Å². The van der Waals surface area contributed by atoms with Gasteiger partial charge in [0.2, 0.25) is 5.91 Å². The van der Waals surface area contributed by atoms with Gasteiger partial charge in [0.25, 0.3) is 0 Å². The Morgan fingerprint density at radius 1 is 1.36 bits per heavy atom. The maximum Gasteiger partial charge on any atom is 0.219 e. The van der Waals surface area contributed by atoms with Crippen LogP contribution in [0.5, 0.6) is 0 Å². The quantitative estimate of drug-likeness (QED) is 0.515. The zero-order valence-electron chi connectivity index (χ0n) is 7.10. The molecule has 62 valence electrons. The molecule has 1 saturated carbocycles. The minimum absolute atomic E-state index is 0.260. The Morgan fingerprint density at radius 2 is 2.09 bits per heavy atom. The molecule has 0 aromatic rings. The number of piperidine rings is 1. The van der Waals surface area contributed by atoms with Gasteiger partial charge in [-0.2, -0.15) is 0 Å². The van der Waals surface area contributed by atoms with Gasteiger partial charge in [-0.05, 0) is 31.1 Å². The van der Waals surface area contributed by atoms with Gasteiger partial charge in [-0.3, -0.25) is 4.79 Å². The first-order valence-corrected chi connectivity index (χ1v) is 4.47. The van der Waals surface area contributed by atoms with Crippen molar-refractivity contribution in [3.05, 3.63) is 0 Å². The summed E-state index contributed by atoms with van der Waals surface area (Å²) in [7, 11) is 0. The van der Waals surface area contributed by atoms with Gasteiger partial charge in [0.1, 0.15) is 0 Å². The van der Waals surface area contributed by atoms with Crippen LogP contribution in [0.3, 0.4) is 0 Å². The summed E-state index contributed by atoms with van der Waals surface area (Å²) >= 11 is 0. The highest BCUT2D eigenvalue weighted by Crippen LogP contribution is 2.51. The number of carbonyl (C=O) groups excluding carboxylic acids is 1. The Labute approximate surface area is 67.6 Å². The lowest BCUT2D eigenvalue weighted by Crippen LogP contribution is -2.39. The molecule has 2 fully saturated rings. The highest BCUT2D eigenvalue weighted by molar-refractivity contribution is 5.73. The molecule has 1 heterocycles. The molecule has 1 spiro atoms. The molecule has 1 aliphatic heterocycles. The zero-order valence-corrected chi connectivity index (χ0v) is 7.10. The lowest BCUT2D eigenvalue weighted by molar-refractivity contribution is -0.130. The predicted molar refractivity (Wildman–Crippen MR) is 43.2 cm³/mol. The molecule has 2 rings (SSSR count). The Morgan fingerprint density at radius 3 is 2.64 bits per heavy atom. The van der Waals surface area contributed by atoms with E-state index >= 15 is 0 Å². The van der Waals surface area contributed by atoms with Crippen LogP contribution in [0.25, 0.3) is 0 Å². The molecular weight excluding hydrogens is 138 g/mol. The van der Waals surface area contributed by atoms with E-state index in [1.54, 1.807) is 6.92 Å². The highest BCUT2D eigenvalue weighted by Gasteiger charge is 2.45. The van der Waals surface area contributed by atoms with Crippen LogP contribution in [0.2, 0.25) is 0 Å². The number of likely N-dealkylation sites (tertiary alicyclic amines) is 1. The van der Waals surface area contributed by atoms with Crippen LogP contribution in [0.15, 0.2) is 0 Å². The van der Waals surface area contributed by atoms with Crippen molar-refractivity contribution in [2.75, 3.05) is 13.1 Å². The van der Waals surface area contributed by atoms with Crippen LogP contribution in [0.1, 0.15) is 32.6 Å². The molecule has 1 saturated heterocycles. The molecule has 11 heavy (non-hydrogen) atoms. The van der Waals surface area contributed by atoms with Gasteiger partial charge in [-0.25, -0.2) is 0 Å². The third kappa shape index (κ3) is 1.26. The van der Waals surface area contributed by atoms with Crippen LogP contribution in [-0.2, 0) is 4.79 Å². The minimum atomic E-state index is 0.260. The number of carbonyl (C=O) groups is 1. The summed E-state index contributed by atoms with van der Waals surface area (Å²) in [5.41, 5.74) is 0.587. The van der Waals surface area contributed by atoms with Crippen LogP contribution in [-0.4, -0.2) is 23.9 Å². The Hall–Kier alpha value is -0.530. The molecular formula is C9H15NO. The van der Waals surface area contributed by atoms with Crippen molar-refractivity contribution in [3.63, 3.8) is 0 Å². The number of rotatable bonds is 0. The lowest BCUT2D eigenvalue weighted by atomic mass is 9.95. The van der Waals surface area contributed by atoms with Crippen molar-refractivity contribution in [2.45, 2.75) is 32.6 Å². The first-order valence-electron chi connectivity index (χ1n) is 4.47. The Bertz CT molecular complexity index is 184. The van der Waals surface area contributed by atoms with E-state index in [1.807, 2.05) is 4.90 Å². The molecule has 1 aliphatic carbocycles. The average molecular weight is 153 g/mol. The van der Waals surface area contributed by atoms with Crippen molar-refractivity contribution >= 4 is 5.91 Å². The van der Waals surface area contributed by atoms with E-state index in [0.29, 0.717) is 5.41 Å². The second-order valence-electron chi connectivity index (χ2n) is 4.04. The molecule has 0 atom stereocenters. The van der Waals surface area contributed by atoms with E-state index in [0.717, 1.165) is 13.1 Å². The largest absolute Gasteiger partial charge is 0.342 e. The fraction of sp³-hybridized carbons (Fsp3) is 0.889. The third-order valence-corrected chi connectivity index (χ3v) is 3.06. The summed E-state index contributed by atoms with van der Waals surface area (Å²) in [6.45, 7) is 3.72. The monoisotopic (exact) mass is 153 g/mol. The fourth-order valence-corrected chi connectivity index (χ4v) is 2.06. The van der Waals surface area contributed by atoms with Crippen LogP contribution < -0.4 is 0 Å².